The summed E-state index contributed by atoms with van der Waals surface area (Å²) in [6.07, 6.45) is -2.48. The summed E-state index contributed by atoms with van der Waals surface area (Å²) in [6.45, 7) is 0. The molecule has 2 N–H and O–H groups in total. The lowest BCUT2D eigenvalue weighted by atomic mass is 10.2. The number of alkyl halides is 2. The Bertz CT molecular complexity index is 344. The van der Waals surface area contributed by atoms with Gasteiger partial charge in [-0.15, -0.1) is 0 Å². The fourth-order valence-electron chi connectivity index (χ4n) is 0.805. The van der Waals surface area contributed by atoms with Crippen LogP contribution in [0.25, 0.3) is 0 Å². The molecule has 0 aromatic carbocycles. The van der Waals surface area contributed by atoms with E-state index in [9.17, 15) is 13.6 Å². The lowest BCUT2D eigenvalue weighted by Gasteiger charge is -2.05. The van der Waals surface area contributed by atoms with Crippen molar-refractivity contribution in [2.45, 2.75) is 6.43 Å². The number of carbonyl (C=O) groups is 1. The van der Waals surface area contributed by atoms with Crippen LogP contribution in [0.4, 0.5) is 14.5 Å². The van der Waals surface area contributed by atoms with Crippen molar-refractivity contribution < 1.29 is 13.6 Å². The number of pyridine rings is 1. The van der Waals surface area contributed by atoms with Gasteiger partial charge in [0, 0.05) is 5.56 Å². The van der Waals surface area contributed by atoms with E-state index in [2.05, 4.69) is 20.9 Å². The molecule has 70 valence electrons. The van der Waals surface area contributed by atoms with Crippen molar-refractivity contribution in [1.82, 2.24) is 4.98 Å². The molecule has 3 nitrogen and oxygen atoms in total. The van der Waals surface area contributed by atoms with Gasteiger partial charge in [0.15, 0.2) is 6.29 Å². The maximum atomic E-state index is 12.3. The molecule has 0 spiro atoms. The highest BCUT2D eigenvalue weighted by Gasteiger charge is 2.15. The molecule has 1 aromatic heterocycles. The monoisotopic (exact) mass is 250 g/mol. The first kappa shape index (κ1) is 10.0. The van der Waals surface area contributed by atoms with Gasteiger partial charge in [-0.1, -0.05) is 0 Å². The molecule has 0 aliphatic rings. The highest BCUT2D eigenvalue weighted by Crippen LogP contribution is 2.26. The van der Waals surface area contributed by atoms with Gasteiger partial charge in [-0.3, -0.25) is 4.79 Å². The van der Waals surface area contributed by atoms with Crippen LogP contribution in [-0.2, 0) is 0 Å². The summed E-state index contributed by atoms with van der Waals surface area (Å²) in [5.41, 5.74) is 4.66. The normalized spacial score (nSPS) is 10.5. The molecular formula is C7H5BrF2N2O. The van der Waals surface area contributed by atoms with Crippen molar-refractivity contribution in [3.8, 4) is 0 Å². The number of carbonyl (C=O) groups excluding carboxylic acids is 1. The molecule has 6 heteroatoms. The number of hydrogen-bond acceptors (Lipinski definition) is 3. The molecule has 0 saturated heterocycles. The van der Waals surface area contributed by atoms with E-state index in [0.29, 0.717) is 0 Å². The van der Waals surface area contributed by atoms with Gasteiger partial charge in [0.05, 0.1) is 5.69 Å². The van der Waals surface area contributed by atoms with Gasteiger partial charge in [0.2, 0.25) is 0 Å². The van der Waals surface area contributed by atoms with Crippen LogP contribution in [0, 0.1) is 0 Å². The minimum Gasteiger partial charge on any atom is -0.397 e. The number of aldehydes is 1. The lowest BCUT2D eigenvalue weighted by Crippen LogP contribution is -2.01. The van der Waals surface area contributed by atoms with Gasteiger partial charge in [0.25, 0.3) is 6.43 Å². The Morgan fingerprint density at radius 2 is 2.23 bits per heavy atom. The predicted molar refractivity (Wildman–Crippen MR) is 46.7 cm³/mol. The minimum atomic E-state index is -2.75. The first-order valence-corrected chi connectivity index (χ1v) is 4.04. The zero-order valence-electron chi connectivity index (χ0n) is 6.30. The number of halogens is 3. The highest BCUT2D eigenvalue weighted by molar-refractivity contribution is 9.10. The van der Waals surface area contributed by atoms with Crippen LogP contribution in [0.5, 0.6) is 0 Å². The molecule has 0 aliphatic heterocycles. The summed E-state index contributed by atoms with van der Waals surface area (Å²) in [7, 11) is 0. The molecule has 0 aliphatic carbocycles. The fraction of sp³-hybridized carbons (Fsp3) is 0.143. The SMILES string of the molecule is Nc1cc(C(F)F)c(C=O)nc1Br. The maximum absolute atomic E-state index is 12.3. The number of nitrogens with zero attached hydrogens (tertiary/aromatic N) is 1. The number of hydrogen-bond donors (Lipinski definition) is 1. The minimum absolute atomic E-state index is 0.0842. The molecule has 0 radical (unpaired) electrons. The van der Waals surface area contributed by atoms with Crippen LogP contribution in [0.2, 0.25) is 0 Å². The smallest absolute Gasteiger partial charge is 0.266 e. The van der Waals surface area contributed by atoms with Crippen LogP contribution < -0.4 is 5.73 Å². The standard InChI is InChI=1S/C7H5BrF2N2O/c8-6-4(11)1-3(7(9)10)5(2-13)12-6/h1-2,7H,11H2. The summed E-state index contributed by atoms with van der Waals surface area (Å²) in [5.74, 6) is 0. The van der Waals surface area contributed by atoms with Crippen molar-refractivity contribution in [2.75, 3.05) is 5.73 Å². The summed E-state index contributed by atoms with van der Waals surface area (Å²) < 4.78 is 24.7. The number of nitrogen functional groups attached to an aromatic ring is 1. The zero-order chi connectivity index (χ0) is 10.0. The second-order valence-corrected chi connectivity index (χ2v) is 3.01. The largest absolute Gasteiger partial charge is 0.397 e. The van der Waals surface area contributed by atoms with Crippen LogP contribution >= 0.6 is 15.9 Å². The van der Waals surface area contributed by atoms with E-state index in [1.54, 1.807) is 0 Å². The Kier molecular flexibility index (Phi) is 2.92. The van der Waals surface area contributed by atoms with Gasteiger partial charge in [0.1, 0.15) is 10.3 Å². The third-order valence-electron chi connectivity index (χ3n) is 1.41. The third-order valence-corrected chi connectivity index (χ3v) is 2.05. The molecule has 1 heterocycles. The molecule has 0 bridgehead atoms. The van der Waals surface area contributed by atoms with Crippen molar-refractivity contribution in [1.29, 1.82) is 0 Å². The molecule has 0 unspecified atom stereocenters. The van der Waals surface area contributed by atoms with Crippen LogP contribution in [0.1, 0.15) is 22.5 Å². The Morgan fingerprint density at radius 1 is 1.62 bits per heavy atom. The van der Waals surface area contributed by atoms with E-state index in [0.717, 1.165) is 6.07 Å². The average Bonchev–Trinajstić information content (AvgIpc) is 2.08. The Morgan fingerprint density at radius 3 is 2.69 bits per heavy atom. The molecule has 13 heavy (non-hydrogen) atoms. The Labute approximate surface area is 81.1 Å². The summed E-state index contributed by atoms with van der Waals surface area (Å²) in [6, 6.07) is 1.03. The molecule has 0 saturated carbocycles. The quantitative estimate of drug-likeness (QED) is 0.647. The average molecular weight is 251 g/mol. The van der Waals surface area contributed by atoms with Crippen LogP contribution in [-0.4, -0.2) is 11.3 Å². The molecule has 1 rings (SSSR count). The van der Waals surface area contributed by atoms with Gasteiger partial charge >= 0.3 is 0 Å². The fourth-order valence-corrected chi connectivity index (χ4v) is 1.11. The van der Waals surface area contributed by atoms with Crippen molar-refractivity contribution in [3.63, 3.8) is 0 Å². The topological polar surface area (TPSA) is 56.0 Å². The van der Waals surface area contributed by atoms with E-state index < -0.39 is 12.0 Å². The van der Waals surface area contributed by atoms with E-state index >= 15 is 0 Å². The zero-order valence-corrected chi connectivity index (χ0v) is 7.88. The first-order valence-electron chi connectivity index (χ1n) is 3.25. The van der Waals surface area contributed by atoms with Gasteiger partial charge in [-0.2, -0.15) is 0 Å². The van der Waals surface area contributed by atoms with Crippen molar-refractivity contribution >= 4 is 27.9 Å². The Balaban J connectivity index is 3.32. The second-order valence-electron chi connectivity index (χ2n) is 2.26. The van der Waals surface area contributed by atoms with Crippen molar-refractivity contribution in [2.24, 2.45) is 0 Å². The van der Waals surface area contributed by atoms with Crippen LogP contribution in [0.3, 0.4) is 0 Å². The number of aromatic nitrogens is 1. The molecule has 0 amide bonds. The molecular weight excluding hydrogens is 246 g/mol. The number of rotatable bonds is 2. The summed E-state index contributed by atoms with van der Waals surface area (Å²) >= 11 is 2.93. The first-order chi connectivity index (χ1) is 6.06. The number of anilines is 1. The predicted octanol–water partition coefficient (Wildman–Crippen LogP) is 2.18. The number of nitrogens with two attached hydrogens (primary N) is 1. The maximum Gasteiger partial charge on any atom is 0.266 e. The molecule has 1 aromatic rings. The van der Waals surface area contributed by atoms with Gasteiger partial charge < -0.3 is 5.73 Å². The molecule has 0 fully saturated rings. The van der Waals surface area contributed by atoms with Crippen molar-refractivity contribution in [3.05, 3.63) is 21.9 Å². The Hall–Kier alpha value is -1.04. The third kappa shape index (κ3) is 2.00. The van der Waals surface area contributed by atoms with Gasteiger partial charge in [-0.25, -0.2) is 13.8 Å². The molecule has 0 atom stereocenters. The van der Waals surface area contributed by atoms with E-state index in [1.165, 1.54) is 0 Å². The van der Waals surface area contributed by atoms with E-state index in [1.807, 2.05) is 0 Å². The summed E-state index contributed by atoms with van der Waals surface area (Å²) in [5, 5.41) is 0. The summed E-state index contributed by atoms with van der Waals surface area (Å²) in [4.78, 5) is 13.9. The second kappa shape index (κ2) is 3.78. The van der Waals surface area contributed by atoms with E-state index in [-0.39, 0.29) is 22.3 Å². The highest BCUT2D eigenvalue weighted by atomic mass is 79.9. The van der Waals surface area contributed by atoms with E-state index in [4.69, 9.17) is 5.73 Å². The van der Waals surface area contributed by atoms with Crippen LogP contribution in [0.15, 0.2) is 10.7 Å². The lowest BCUT2D eigenvalue weighted by molar-refractivity contribution is 0.110. The van der Waals surface area contributed by atoms with Gasteiger partial charge in [-0.05, 0) is 22.0 Å².